The zero-order chi connectivity index (χ0) is 15.6. The molecule has 1 aromatic rings. The summed E-state index contributed by atoms with van der Waals surface area (Å²) in [4.78, 5) is 14.1. The van der Waals surface area contributed by atoms with E-state index in [2.05, 4.69) is 6.92 Å². The van der Waals surface area contributed by atoms with Gasteiger partial charge in [0, 0.05) is 24.7 Å². The highest BCUT2D eigenvalue weighted by Gasteiger charge is 2.33. The van der Waals surface area contributed by atoms with Crippen molar-refractivity contribution in [2.24, 2.45) is 11.7 Å². The highest BCUT2D eigenvalue weighted by atomic mass is 35.5. The summed E-state index contributed by atoms with van der Waals surface area (Å²) < 4.78 is 38.2. The Kier molecular flexibility index (Phi) is 6.26. The standard InChI is InChI=1S/C15H19F3N2O.ClH/c1-10-5-6-20(13(7-10)9-19)14(21)11-3-2-4-12(8-11)15(16,17)18;/h2-4,8,10,13H,5-7,9,19H2,1H3;1H. The molecule has 0 spiro atoms. The van der Waals surface area contributed by atoms with E-state index in [1.165, 1.54) is 12.1 Å². The van der Waals surface area contributed by atoms with Crippen LogP contribution in [-0.4, -0.2) is 29.9 Å². The third-order valence-corrected chi connectivity index (χ3v) is 3.95. The van der Waals surface area contributed by atoms with E-state index in [1.807, 2.05) is 0 Å². The van der Waals surface area contributed by atoms with E-state index in [9.17, 15) is 18.0 Å². The van der Waals surface area contributed by atoms with Gasteiger partial charge in [0.05, 0.1) is 5.56 Å². The van der Waals surface area contributed by atoms with Gasteiger partial charge in [-0.25, -0.2) is 0 Å². The molecule has 1 heterocycles. The Hall–Kier alpha value is -1.27. The molecule has 3 nitrogen and oxygen atoms in total. The molecule has 1 fully saturated rings. The number of halogens is 4. The molecule has 1 aromatic carbocycles. The van der Waals surface area contributed by atoms with E-state index in [4.69, 9.17) is 5.73 Å². The summed E-state index contributed by atoms with van der Waals surface area (Å²) in [6, 6.07) is 4.46. The first-order valence-corrected chi connectivity index (χ1v) is 7.01. The van der Waals surface area contributed by atoms with Gasteiger partial charge in [-0.2, -0.15) is 13.2 Å². The van der Waals surface area contributed by atoms with Crippen LogP contribution in [0.1, 0.15) is 35.7 Å². The molecule has 2 N–H and O–H groups in total. The lowest BCUT2D eigenvalue weighted by Gasteiger charge is -2.38. The third-order valence-electron chi connectivity index (χ3n) is 3.95. The van der Waals surface area contributed by atoms with Crippen molar-refractivity contribution in [1.29, 1.82) is 0 Å². The molecule has 1 saturated heterocycles. The lowest BCUT2D eigenvalue weighted by atomic mass is 9.91. The van der Waals surface area contributed by atoms with E-state index in [0.717, 1.165) is 25.0 Å². The first-order valence-electron chi connectivity index (χ1n) is 7.01. The zero-order valence-electron chi connectivity index (χ0n) is 12.3. The number of hydrogen-bond donors (Lipinski definition) is 1. The van der Waals surface area contributed by atoms with E-state index >= 15 is 0 Å². The lowest BCUT2D eigenvalue weighted by Crippen LogP contribution is -2.49. The van der Waals surface area contributed by atoms with Gasteiger partial charge < -0.3 is 10.6 Å². The van der Waals surface area contributed by atoms with Gasteiger partial charge in [0.15, 0.2) is 0 Å². The third kappa shape index (κ3) is 4.14. The fraction of sp³-hybridized carbons (Fsp3) is 0.533. The van der Waals surface area contributed by atoms with Crippen molar-refractivity contribution in [1.82, 2.24) is 4.90 Å². The van der Waals surface area contributed by atoms with Gasteiger partial charge >= 0.3 is 6.18 Å². The Morgan fingerprint density at radius 2 is 2.09 bits per heavy atom. The highest BCUT2D eigenvalue weighted by Crippen LogP contribution is 2.30. The fourth-order valence-corrected chi connectivity index (χ4v) is 2.74. The van der Waals surface area contributed by atoms with Crippen molar-refractivity contribution >= 4 is 18.3 Å². The Morgan fingerprint density at radius 3 is 2.68 bits per heavy atom. The van der Waals surface area contributed by atoms with Gasteiger partial charge in [-0.05, 0) is 37.0 Å². The number of nitrogens with two attached hydrogens (primary N) is 1. The average Bonchev–Trinajstić information content (AvgIpc) is 2.45. The number of likely N-dealkylation sites (tertiary alicyclic amines) is 1. The summed E-state index contributed by atoms with van der Waals surface area (Å²) >= 11 is 0. The summed E-state index contributed by atoms with van der Waals surface area (Å²) in [6.07, 6.45) is -2.80. The number of alkyl halides is 3. The summed E-state index contributed by atoms with van der Waals surface area (Å²) in [7, 11) is 0. The van der Waals surface area contributed by atoms with Crippen molar-refractivity contribution in [3.05, 3.63) is 35.4 Å². The average molecular weight is 337 g/mol. The molecule has 2 unspecified atom stereocenters. The molecule has 1 aliphatic rings. The van der Waals surface area contributed by atoms with Crippen LogP contribution < -0.4 is 5.73 Å². The molecule has 2 atom stereocenters. The van der Waals surface area contributed by atoms with E-state index in [1.54, 1.807) is 4.90 Å². The number of nitrogens with zero attached hydrogens (tertiary/aromatic N) is 1. The molecule has 0 bridgehead atoms. The molecule has 124 valence electrons. The normalized spacial score (nSPS) is 22.1. The predicted molar refractivity (Wildman–Crippen MR) is 81.0 cm³/mol. The van der Waals surface area contributed by atoms with Crippen molar-refractivity contribution in [2.75, 3.05) is 13.1 Å². The van der Waals surface area contributed by atoms with Crippen molar-refractivity contribution in [2.45, 2.75) is 32.0 Å². The minimum atomic E-state index is -4.44. The van der Waals surface area contributed by atoms with Crippen LogP contribution >= 0.6 is 12.4 Å². The molecule has 22 heavy (non-hydrogen) atoms. The molecule has 1 aliphatic heterocycles. The summed E-state index contributed by atoms with van der Waals surface area (Å²) in [5, 5.41) is 0. The number of benzene rings is 1. The van der Waals surface area contributed by atoms with E-state index in [0.29, 0.717) is 19.0 Å². The maximum Gasteiger partial charge on any atom is 0.416 e. The van der Waals surface area contributed by atoms with Crippen molar-refractivity contribution in [3.63, 3.8) is 0 Å². The first-order chi connectivity index (χ1) is 9.82. The topological polar surface area (TPSA) is 46.3 Å². The monoisotopic (exact) mass is 336 g/mol. The van der Waals surface area contributed by atoms with Crippen LogP contribution in [0.2, 0.25) is 0 Å². The Morgan fingerprint density at radius 1 is 1.41 bits per heavy atom. The second kappa shape index (κ2) is 7.33. The van der Waals surface area contributed by atoms with Crippen molar-refractivity contribution in [3.8, 4) is 0 Å². The number of piperidine rings is 1. The molecule has 0 saturated carbocycles. The molecule has 1 amide bonds. The zero-order valence-corrected chi connectivity index (χ0v) is 13.1. The Labute approximate surface area is 134 Å². The van der Waals surface area contributed by atoms with Gasteiger partial charge in [0.1, 0.15) is 0 Å². The van der Waals surface area contributed by atoms with E-state index < -0.39 is 11.7 Å². The van der Waals surface area contributed by atoms with Crippen LogP contribution in [0.4, 0.5) is 13.2 Å². The second-order valence-electron chi connectivity index (χ2n) is 5.60. The highest BCUT2D eigenvalue weighted by molar-refractivity contribution is 5.94. The van der Waals surface area contributed by atoms with Crippen LogP contribution in [0.3, 0.4) is 0 Å². The van der Waals surface area contributed by atoms with Gasteiger partial charge in [-0.1, -0.05) is 13.0 Å². The van der Waals surface area contributed by atoms with Gasteiger partial charge in [0.25, 0.3) is 5.91 Å². The number of amides is 1. The van der Waals surface area contributed by atoms with Crippen LogP contribution in [0.5, 0.6) is 0 Å². The van der Waals surface area contributed by atoms with E-state index in [-0.39, 0.29) is 29.9 Å². The summed E-state index contributed by atoms with van der Waals surface area (Å²) in [6.45, 7) is 2.96. The quantitative estimate of drug-likeness (QED) is 0.900. The van der Waals surface area contributed by atoms with Crippen LogP contribution in [0.15, 0.2) is 24.3 Å². The molecular weight excluding hydrogens is 317 g/mol. The number of rotatable bonds is 2. The SMILES string of the molecule is CC1CCN(C(=O)c2cccc(C(F)(F)F)c2)C(CN)C1.Cl. The Balaban J connectivity index is 0.00000242. The van der Waals surface area contributed by atoms with Gasteiger partial charge in [-0.15, -0.1) is 12.4 Å². The molecule has 0 aromatic heterocycles. The predicted octanol–water partition coefficient (Wildman–Crippen LogP) is 3.33. The Bertz CT molecular complexity index is 522. The maximum absolute atomic E-state index is 12.7. The van der Waals surface area contributed by atoms with Gasteiger partial charge in [0.2, 0.25) is 0 Å². The van der Waals surface area contributed by atoms with Crippen LogP contribution in [0, 0.1) is 5.92 Å². The number of carbonyl (C=O) groups is 1. The molecule has 0 aliphatic carbocycles. The number of carbonyl (C=O) groups excluding carboxylic acids is 1. The summed E-state index contributed by atoms with van der Waals surface area (Å²) in [5.41, 5.74) is 4.96. The van der Waals surface area contributed by atoms with Crippen LogP contribution in [-0.2, 0) is 6.18 Å². The molecular formula is C15H20ClF3N2O. The lowest BCUT2D eigenvalue weighted by molar-refractivity contribution is -0.137. The van der Waals surface area contributed by atoms with Crippen LogP contribution in [0.25, 0.3) is 0 Å². The summed E-state index contributed by atoms with van der Waals surface area (Å²) in [5.74, 6) is 0.104. The maximum atomic E-state index is 12.7. The minimum Gasteiger partial charge on any atom is -0.334 e. The van der Waals surface area contributed by atoms with Crippen molar-refractivity contribution < 1.29 is 18.0 Å². The molecule has 2 rings (SSSR count). The molecule has 7 heteroatoms. The van der Waals surface area contributed by atoms with Gasteiger partial charge in [-0.3, -0.25) is 4.79 Å². The fourth-order valence-electron chi connectivity index (χ4n) is 2.74. The minimum absolute atomic E-state index is 0. The smallest absolute Gasteiger partial charge is 0.334 e. The second-order valence-corrected chi connectivity index (χ2v) is 5.60. The first kappa shape index (κ1) is 18.8. The molecule has 0 radical (unpaired) electrons. The number of hydrogen-bond acceptors (Lipinski definition) is 2. The largest absolute Gasteiger partial charge is 0.416 e.